The van der Waals surface area contributed by atoms with Gasteiger partial charge >= 0.3 is 18.1 Å². The van der Waals surface area contributed by atoms with Gasteiger partial charge in [-0.3, -0.25) is 14.4 Å². The number of anilines is 1. The number of ether oxygens (including phenoxy) is 1. The first-order chi connectivity index (χ1) is 18.1. The van der Waals surface area contributed by atoms with Crippen LogP contribution in [0.2, 0.25) is 0 Å². The van der Waals surface area contributed by atoms with Crippen molar-refractivity contribution in [1.82, 2.24) is 20.4 Å². The van der Waals surface area contributed by atoms with Crippen LogP contribution in [0, 0.1) is 0 Å². The molecule has 13 heteroatoms. The van der Waals surface area contributed by atoms with Gasteiger partial charge in [0.15, 0.2) is 5.84 Å². The fourth-order valence-electron chi connectivity index (χ4n) is 3.42. The standard InChI is InChI=1S/C25H39N7O6/c1-5-6-17-37-21(33)11-13-27-24(35)28-20-12-14-32(23(20)34)19-9-7-18(8-10-19)22(26)29-38-25(36)31(4)16-15-30(2)3/h7-10,20H,5-6,11-17H2,1-4H3,(H2,26,29)(H2,27,28,35)/t20-/m0/s1. The molecule has 0 unspecified atom stereocenters. The van der Waals surface area contributed by atoms with E-state index in [0.29, 0.717) is 43.9 Å². The third-order valence-electron chi connectivity index (χ3n) is 5.78. The predicted octanol–water partition coefficient (Wildman–Crippen LogP) is 1.07. The summed E-state index contributed by atoms with van der Waals surface area (Å²) in [7, 11) is 5.41. The minimum Gasteiger partial charge on any atom is -0.466 e. The van der Waals surface area contributed by atoms with E-state index in [9.17, 15) is 19.2 Å². The van der Waals surface area contributed by atoms with E-state index in [-0.39, 0.29) is 30.7 Å². The molecule has 1 heterocycles. The van der Waals surface area contributed by atoms with Gasteiger partial charge < -0.3 is 35.8 Å². The van der Waals surface area contributed by atoms with Crippen molar-refractivity contribution in [1.29, 1.82) is 0 Å². The van der Waals surface area contributed by atoms with Gasteiger partial charge in [0.05, 0.1) is 13.0 Å². The van der Waals surface area contributed by atoms with Crippen LogP contribution in [0.15, 0.2) is 29.4 Å². The number of unbranched alkanes of at least 4 members (excludes halogenated alkanes) is 1. The topological polar surface area (TPSA) is 159 Å². The summed E-state index contributed by atoms with van der Waals surface area (Å²) in [6.07, 6.45) is 1.61. The first kappa shape index (κ1) is 30.4. The highest BCUT2D eigenvalue weighted by Gasteiger charge is 2.33. The molecule has 0 aliphatic carbocycles. The Morgan fingerprint density at radius 2 is 1.87 bits per heavy atom. The molecule has 13 nitrogen and oxygen atoms in total. The molecule has 0 aromatic heterocycles. The second-order valence-corrected chi connectivity index (χ2v) is 9.16. The van der Waals surface area contributed by atoms with Crippen LogP contribution in [0.4, 0.5) is 15.3 Å². The van der Waals surface area contributed by atoms with Crippen LogP contribution in [0.1, 0.15) is 38.2 Å². The van der Waals surface area contributed by atoms with Gasteiger partial charge in [0.2, 0.25) is 5.91 Å². The van der Waals surface area contributed by atoms with Gasteiger partial charge in [-0.05, 0) is 51.2 Å². The van der Waals surface area contributed by atoms with Gasteiger partial charge in [-0.15, -0.1) is 0 Å². The number of carbonyl (C=O) groups is 4. The normalized spacial score (nSPS) is 15.4. The molecular weight excluding hydrogens is 494 g/mol. The Hall–Kier alpha value is -3.87. The molecule has 2 rings (SSSR count). The zero-order chi connectivity index (χ0) is 28.1. The lowest BCUT2D eigenvalue weighted by Crippen LogP contribution is -2.46. The molecular formula is C25H39N7O6. The number of likely N-dealkylation sites (N-methyl/N-ethyl adjacent to an activating group) is 2. The van der Waals surface area contributed by atoms with Gasteiger partial charge in [-0.25, -0.2) is 9.59 Å². The average Bonchev–Trinajstić information content (AvgIpc) is 3.25. The number of oxime groups is 1. The second-order valence-electron chi connectivity index (χ2n) is 9.16. The molecule has 1 fully saturated rings. The average molecular weight is 534 g/mol. The molecule has 1 aliphatic heterocycles. The van der Waals surface area contributed by atoms with Crippen LogP contribution in [0.5, 0.6) is 0 Å². The smallest absolute Gasteiger partial charge is 0.435 e. The van der Waals surface area contributed by atoms with Crippen molar-refractivity contribution in [3.63, 3.8) is 0 Å². The zero-order valence-corrected chi connectivity index (χ0v) is 22.6. The number of rotatable bonds is 13. The Balaban J connectivity index is 1.81. The SMILES string of the molecule is CCCCOC(=O)CCNC(=O)N[C@H]1CCN(c2ccc(/C(N)=N/OC(=O)N(C)CCN(C)C)cc2)C1=O. The van der Waals surface area contributed by atoms with E-state index in [1.807, 2.05) is 25.9 Å². The maximum absolute atomic E-state index is 12.8. The fourth-order valence-corrected chi connectivity index (χ4v) is 3.42. The van der Waals surface area contributed by atoms with Crippen molar-refractivity contribution >= 4 is 35.5 Å². The monoisotopic (exact) mass is 533 g/mol. The van der Waals surface area contributed by atoms with Gasteiger partial charge in [0.1, 0.15) is 6.04 Å². The Morgan fingerprint density at radius 1 is 1.16 bits per heavy atom. The fraction of sp³-hybridized carbons (Fsp3) is 0.560. The first-order valence-electron chi connectivity index (χ1n) is 12.6. The van der Waals surface area contributed by atoms with Crippen LogP contribution in [-0.2, 0) is 19.2 Å². The third kappa shape index (κ3) is 9.88. The number of hydrogen-bond acceptors (Lipinski definition) is 8. The van der Waals surface area contributed by atoms with Gasteiger partial charge in [0, 0.05) is 44.5 Å². The number of urea groups is 1. The van der Waals surface area contributed by atoms with Crippen molar-refractivity contribution in [2.75, 3.05) is 58.8 Å². The van der Waals surface area contributed by atoms with Crippen molar-refractivity contribution in [2.24, 2.45) is 10.9 Å². The summed E-state index contributed by atoms with van der Waals surface area (Å²) in [4.78, 5) is 58.4. The number of amides is 4. The molecule has 38 heavy (non-hydrogen) atoms. The number of carbonyl (C=O) groups excluding carboxylic acids is 4. The van der Waals surface area contributed by atoms with Crippen LogP contribution in [0.25, 0.3) is 0 Å². The summed E-state index contributed by atoms with van der Waals surface area (Å²) in [5, 5.41) is 8.93. The lowest BCUT2D eigenvalue weighted by atomic mass is 10.2. The van der Waals surface area contributed by atoms with Gasteiger partial charge in [-0.2, -0.15) is 0 Å². The number of benzene rings is 1. The molecule has 1 atom stereocenters. The highest BCUT2D eigenvalue weighted by Crippen LogP contribution is 2.22. The minimum atomic E-state index is -0.679. The quantitative estimate of drug-likeness (QED) is 0.0848. The van der Waals surface area contributed by atoms with Crippen LogP contribution in [-0.4, -0.2) is 99.6 Å². The van der Waals surface area contributed by atoms with E-state index in [4.69, 9.17) is 15.3 Å². The summed E-state index contributed by atoms with van der Waals surface area (Å²) in [5.41, 5.74) is 7.10. The van der Waals surface area contributed by atoms with E-state index in [1.165, 1.54) is 4.90 Å². The molecule has 0 radical (unpaired) electrons. The predicted molar refractivity (Wildman–Crippen MR) is 143 cm³/mol. The number of nitrogens with one attached hydrogen (secondary N) is 2. The highest BCUT2D eigenvalue weighted by atomic mass is 16.7. The second kappa shape index (κ2) is 15.4. The van der Waals surface area contributed by atoms with Gasteiger partial charge in [0.25, 0.3) is 0 Å². The molecule has 4 N–H and O–H groups in total. The summed E-state index contributed by atoms with van der Waals surface area (Å²) < 4.78 is 5.04. The van der Waals surface area contributed by atoms with E-state index in [0.717, 1.165) is 12.8 Å². The third-order valence-corrected chi connectivity index (χ3v) is 5.78. The number of hydrogen-bond donors (Lipinski definition) is 3. The molecule has 210 valence electrons. The Labute approximate surface area is 223 Å². The molecule has 4 amide bonds. The number of amidine groups is 1. The molecule has 0 spiro atoms. The zero-order valence-electron chi connectivity index (χ0n) is 22.6. The maximum atomic E-state index is 12.8. The number of esters is 1. The van der Waals surface area contributed by atoms with Crippen molar-refractivity contribution in [3.8, 4) is 0 Å². The van der Waals surface area contributed by atoms with Gasteiger partial charge in [-0.1, -0.05) is 18.5 Å². The summed E-state index contributed by atoms with van der Waals surface area (Å²) in [5.74, 6) is -0.603. The Bertz CT molecular complexity index is 983. The van der Waals surface area contributed by atoms with Crippen molar-refractivity contribution in [2.45, 2.75) is 38.6 Å². The maximum Gasteiger partial charge on any atom is 0.435 e. The minimum absolute atomic E-state index is 0.0177. The Morgan fingerprint density at radius 3 is 2.53 bits per heavy atom. The summed E-state index contributed by atoms with van der Waals surface area (Å²) >= 11 is 0. The lowest BCUT2D eigenvalue weighted by Gasteiger charge is -2.18. The summed E-state index contributed by atoms with van der Waals surface area (Å²) in [6.45, 7) is 4.07. The number of nitrogens with two attached hydrogens (primary N) is 1. The van der Waals surface area contributed by atoms with E-state index >= 15 is 0 Å². The first-order valence-corrected chi connectivity index (χ1v) is 12.6. The van der Waals surface area contributed by atoms with E-state index in [1.54, 1.807) is 36.2 Å². The van der Waals surface area contributed by atoms with Crippen molar-refractivity contribution in [3.05, 3.63) is 29.8 Å². The van der Waals surface area contributed by atoms with Crippen molar-refractivity contribution < 1.29 is 28.8 Å². The van der Waals surface area contributed by atoms with Crippen LogP contribution in [0.3, 0.4) is 0 Å². The molecule has 1 saturated heterocycles. The highest BCUT2D eigenvalue weighted by molar-refractivity contribution is 6.02. The molecule has 1 aromatic carbocycles. The Kier molecular flexibility index (Phi) is 12.3. The van der Waals surface area contributed by atoms with Crippen LogP contribution >= 0.6 is 0 Å². The van der Waals surface area contributed by atoms with Crippen LogP contribution < -0.4 is 21.3 Å². The molecule has 0 bridgehead atoms. The largest absolute Gasteiger partial charge is 0.466 e. The molecule has 1 aliphatic rings. The number of nitrogens with zero attached hydrogens (tertiary/aromatic N) is 4. The van der Waals surface area contributed by atoms with E-state index in [2.05, 4.69) is 15.8 Å². The summed E-state index contributed by atoms with van der Waals surface area (Å²) in [6, 6.07) is 5.53. The molecule has 0 saturated carbocycles. The molecule has 1 aromatic rings. The van der Waals surface area contributed by atoms with E-state index < -0.39 is 18.2 Å². The lowest BCUT2D eigenvalue weighted by molar-refractivity contribution is -0.143.